The summed E-state index contributed by atoms with van der Waals surface area (Å²) in [6.45, 7) is 1.88. The number of nitrogen functional groups attached to an aromatic ring is 1. The molecule has 1 aromatic rings. The Labute approximate surface area is 92.0 Å². The predicted octanol–water partition coefficient (Wildman–Crippen LogP) is -0.648. The molecule has 1 rings (SSSR count). The number of carbonyl (C=O) groups is 2. The highest BCUT2D eigenvalue weighted by Gasteiger charge is 2.14. The zero-order chi connectivity index (χ0) is 12.0. The summed E-state index contributed by atoms with van der Waals surface area (Å²) in [5.41, 5.74) is 5.32. The number of nitrogens with two attached hydrogens (primary N) is 1. The van der Waals surface area contributed by atoms with E-state index >= 15 is 0 Å². The zero-order valence-corrected chi connectivity index (χ0v) is 8.77. The molecule has 86 valence electrons. The molecule has 1 amide bonds. The average Bonchev–Trinajstić information content (AvgIpc) is 2.27. The Balaban J connectivity index is 2.54. The van der Waals surface area contributed by atoms with E-state index in [9.17, 15) is 9.59 Å². The second kappa shape index (κ2) is 5.64. The van der Waals surface area contributed by atoms with E-state index in [2.05, 4.69) is 20.0 Å². The van der Waals surface area contributed by atoms with Crippen molar-refractivity contribution < 1.29 is 14.3 Å². The highest BCUT2D eigenvalue weighted by Crippen LogP contribution is 2.04. The second-order valence-corrected chi connectivity index (χ2v) is 2.82. The van der Waals surface area contributed by atoms with Crippen LogP contribution in [0.3, 0.4) is 0 Å². The molecule has 0 fully saturated rings. The van der Waals surface area contributed by atoms with Crippen molar-refractivity contribution in [2.45, 2.75) is 6.92 Å². The number of hydrogen-bond acceptors (Lipinski definition) is 6. The van der Waals surface area contributed by atoms with Crippen LogP contribution in [0.5, 0.6) is 0 Å². The molecule has 0 unspecified atom stereocenters. The van der Waals surface area contributed by atoms with Crippen molar-refractivity contribution in [3.05, 3.63) is 18.1 Å². The van der Waals surface area contributed by atoms with Gasteiger partial charge < -0.3 is 15.8 Å². The molecule has 16 heavy (non-hydrogen) atoms. The molecular weight excluding hydrogens is 212 g/mol. The number of ether oxygens (including phenoxy) is 1. The quantitative estimate of drug-likeness (QED) is 0.658. The first kappa shape index (κ1) is 11.9. The van der Waals surface area contributed by atoms with Crippen LogP contribution >= 0.6 is 0 Å². The van der Waals surface area contributed by atoms with Gasteiger partial charge in [0, 0.05) is 18.9 Å². The van der Waals surface area contributed by atoms with Crippen LogP contribution in [0.4, 0.5) is 5.82 Å². The molecule has 0 radical (unpaired) electrons. The Hall–Kier alpha value is -2.18. The number of esters is 1. The molecule has 0 aliphatic heterocycles. The Bertz CT molecular complexity index is 394. The normalized spacial score (nSPS) is 9.56. The lowest BCUT2D eigenvalue weighted by molar-refractivity contribution is -0.124. The lowest BCUT2D eigenvalue weighted by Gasteiger charge is -2.05. The molecule has 0 atom stereocenters. The van der Waals surface area contributed by atoms with Crippen molar-refractivity contribution in [3.63, 3.8) is 0 Å². The van der Waals surface area contributed by atoms with Gasteiger partial charge >= 0.3 is 5.97 Å². The third-order valence-electron chi connectivity index (χ3n) is 1.63. The Morgan fingerprint density at radius 1 is 1.44 bits per heavy atom. The average molecular weight is 224 g/mol. The maximum absolute atomic E-state index is 11.4. The largest absolute Gasteiger partial charge is 0.451 e. The molecule has 0 saturated carbocycles. The van der Waals surface area contributed by atoms with Crippen molar-refractivity contribution in [2.75, 3.05) is 18.9 Å². The predicted molar refractivity (Wildman–Crippen MR) is 55.4 cm³/mol. The van der Waals surface area contributed by atoms with Crippen molar-refractivity contribution in [2.24, 2.45) is 0 Å². The van der Waals surface area contributed by atoms with Crippen molar-refractivity contribution in [1.29, 1.82) is 0 Å². The second-order valence-electron chi connectivity index (χ2n) is 2.82. The third-order valence-corrected chi connectivity index (χ3v) is 1.63. The van der Waals surface area contributed by atoms with Crippen molar-refractivity contribution >= 4 is 17.7 Å². The van der Waals surface area contributed by atoms with Gasteiger partial charge in [0.1, 0.15) is 0 Å². The summed E-state index contributed by atoms with van der Waals surface area (Å²) >= 11 is 0. The van der Waals surface area contributed by atoms with Crippen LogP contribution in [0.25, 0.3) is 0 Å². The van der Waals surface area contributed by atoms with Gasteiger partial charge in [-0.2, -0.15) is 0 Å². The van der Waals surface area contributed by atoms with E-state index in [1.165, 1.54) is 12.4 Å². The van der Waals surface area contributed by atoms with Crippen LogP contribution in [0.2, 0.25) is 0 Å². The minimum Gasteiger partial charge on any atom is -0.451 e. The molecule has 3 N–H and O–H groups in total. The summed E-state index contributed by atoms with van der Waals surface area (Å²) in [7, 11) is 0. The summed E-state index contributed by atoms with van der Waals surface area (Å²) in [5.74, 6) is -1.17. The van der Waals surface area contributed by atoms with E-state index in [4.69, 9.17) is 5.73 Å². The van der Waals surface area contributed by atoms with Crippen LogP contribution in [0.1, 0.15) is 17.4 Å². The standard InChI is InChI=1S/C9H12N4O3/c1-2-11-6(14)5-16-9(15)7-8(10)13-4-3-12-7/h3-4H,2,5H2,1H3,(H2,10,13)(H,11,14). The Kier molecular flexibility index (Phi) is 4.19. The van der Waals surface area contributed by atoms with Crippen LogP contribution in [-0.2, 0) is 9.53 Å². The van der Waals surface area contributed by atoms with Crippen LogP contribution in [0, 0.1) is 0 Å². The first-order chi connectivity index (χ1) is 7.65. The van der Waals surface area contributed by atoms with Crippen LogP contribution in [0.15, 0.2) is 12.4 Å². The lowest BCUT2D eigenvalue weighted by Crippen LogP contribution is -2.28. The van der Waals surface area contributed by atoms with E-state index in [1.54, 1.807) is 6.92 Å². The van der Waals surface area contributed by atoms with E-state index in [0.717, 1.165) is 0 Å². The van der Waals surface area contributed by atoms with E-state index in [-0.39, 0.29) is 24.0 Å². The number of aromatic nitrogens is 2. The molecule has 1 aromatic heterocycles. The van der Waals surface area contributed by atoms with Gasteiger partial charge in [0.05, 0.1) is 0 Å². The number of amides is 1. The fourth-order valence-corrected chi connectivity index (χ4v) is 0.954. The van der Waals surface area contributed by atoms with Crippen molar-refractivity contribution in [1.82, 2.24) is 15.3 Å². The maximum atomic E-state index is 11.4. The number of likely N-dealkylation sites (N-methyl/N-ethyl adjacent to an activating group) is 1. The number of hydrogen-bond donors (Lipinski definition) is 2. The first-order valence-corrected chi connectivity index (χ1v) is 4.65. The zero-order valence-electron chi connectivity index (χ0n) is 8.77. The SMILES string of the molecule is CCNC(=O)COC(=O)c1nccnc1N. The monoisotopic (exact) mass is 224 g/mol. The molecule has 7 heteroatoms. The topological polar surface area (TPSA) is 107 Å². The van der Waals surface area contributed by atoms with E-state index in [0.29, 0.717) is 6.54 Å². The van der Waals surface area contributed by atoms with Gasteiger partial charge in [-0.15, -0.1) is 0 Å². The van der Waals surface area contributed by atoms with E-state index < -0.39 is 5.97 Å². The number of rotatable bonds is 4. The van der Waals surface area contributed by atoms with Gasteiger partial charge in [0.15, 0.2) is 18.1 Å². The fourth-order valence-electron chi connectivity index (χ4n) is 0.954. The number of nitrogens with zero attached hydrogens (tertiary/aromatic N) is 2. The fraction of sp³-hybridized carbons (Fsp3) is 0.333. The lowest BCUT2D eigenvalue weighted by atomic mass is 10.4. The minimum atomic E-state index is -0.767. The number of carbonyl (C=O) groups excluding carboxylic acids is 2. The molecule has 0 spiro atoms. The smallest absolute Gasteiger partial charge is 0.361 e. The number of anilines is 1. The molecule has 1 heterocycles. The molecule has 0 aliphatic carbocycles. The summed E-state index contributed by atoms with van der Waals surface area (Å²) in [4.78, 5) is 29.8. The minimum absolute atomic E-state index is 0.0246. The molecular formula is C9H12N4O3. The summed E-state index contributed by atoms with van der Waals surface area (Å²) in [6.07, 6.45) is 2.68. The van der Waals surface area contributed by atoms with Gasteiger partial charge in [-0.3, -0.25) is 4.79 Å². The van der Waals surface area contributed by atoms with E-state index in [1.807, 2.05) is 0 Å². The highest BCUT2D eigenvalue weighted by molar-refractivity contribution is 5.93. The van der Waals surface area contributed by atoms with Gasteiger partial charge in [0.25, 0.3) is 5.91 Å². The van der Waals surface area contributed by atoms with Crippen molar-refractivity contribution in [3.8, 4) is 0 Å². The maximum Gasteiger partial charge on any atom is 0.361 e. The van der Waals surface area contributed by atoms with Gasteiger partial charge in [0.2, 0.25) is 0 Å². The molecule has 0 bridgehead atoms. The Morgan fingerprint density at radius 3 is 2.75 bits per heavy atom. The summed E-state index contributed by atoms with van der Waals surface area (Å²) < 4.78 is 4.69. The molecule has 0 aromatic carbocycles. The highest BCUT2D eigenvalue weighted by atomic mass is 16.5. The molecule has 0 aliphatic rings. The van der Waals surface area contributed by atoms with Gasteiger partial charge in [-0.25, -0.2) is 14.8 Å². The summed E-state index contributed by atoms with van der Waals surface area (Å²) in [5, 5.41) is 2.48. The van der Waals surface area contributed by atoms with Gasteiger partial charge in [-0.05, 0) is 6.92 Å². The van der Waals surface area contributed by atoms with Gasteiger partial charge in [-0.1, -0.05) is 0 Å². The number of nitrogens with one attached hydrogen (secondary N) is 1. The third kappa shape index (κ3) is 3.19. The molecule has 0 saturated heterocycles. The molecule has 7 nitrogen and oxygen atoms in total. The van der Waals surface area contributed by atoms with Crippen LogP contribution in [-0.4, -0.2) is 35.0 Å². The summed E-state index contributed by atoms with van der Waals surface area (Å²) in [6, 6.07) is 0. The Morgan fingerprint density at radius 2 is 2.12 bits per heavy atom. The first-order valence-electron chi connectivity index (χ1n) is 4.65. The van der Waals surface area contributed by atoms with Crippen LogP contribution < -0.4 is 11.1 Å².